The third-order valence-corrected chi connectivity index (χ3v) is 5.02. The minimum Gasteiger partial charge on any atom is -0.309 e. The van der Waals surface area contributed by atoms with Crippen LogP contribution >= 0.6 is 0 Å². The average Bonchev–Trinajstić information content (AvgIpc) is 2.91. The quantitative estimate of drug-likeness (QED) is 0.936. The van der Waals surface area contributed by atoms with Crippen LogP contribution in [0.25, 0.3) is 0 Å². The molecule has 7 heteroatoms. The van der Waals surface area contributed by atoms with E-state index in [1.165, 1.54) is 23.4 Å². The number of aryl methyl sites for hydroxylation is 1. The molecule has 24 heavy (non-hydrogen) atoms. The second-order valence-electron chi connectivity index (χ2n) is 6.57. The first kappa shape index (κ1) is 15.2. The Morgan fingerprint density at radius 3 is 2.92 bits per heavy atom. The van der Waals surface area contributed by atoms with Crippen molar-refractivity contribution < 1.29 is 18.0 Å². The summed E-state index contributed by atoms with van der Waals surface area (Å²) in [6.07, 6.45) is -0.399. The molecule has 0 radical (unpaired) electrons. The lowest BCUT2D eigenvalue weighted by Gasteiger charge is -2.11. The molecule has 4 rings (SSSR count). The van der Waals surface area contributed by atoms with E-state index in [2.05, 4.69) is 22.5 Å². The van der Waals surface area contributed by atoms with Crippen LogP contribution in [0.3, 0.4) is 0 Å². The Bertz CT molecular complexity index is 798. The van der Waals surface area contributed by atoms with Crippen LogP contribution in [0.15, 0.2) is 36.5 Å². The highest BCUT2D eigenvalue weighted by molar-refractivity contribution is 5.95. The summed E-state index contributed by atoms with van der Waals surface area (Å²) in [7, 11) is 0. The van der Waals surface area contributed by atoms with Gasteiger partial charge in [-0.25, -0.2) is 0 Å². The molecule has 1 amide bonds. The Morgan fingerprint density at radius 2 is 2.12 bits per heavy atom. The summed E-state index contributed by atoms with van der Waals surface area (Å²) in [4.78, 5) is 12.5. The Labute approximate surface area is 136 Å². The van der Waals surface area contributed by atoms with Gasteiger partial charge in [-0.05, 0) is 30.4 Å². The zero-order chi connectivity index (χ0) is 16.9. The molecule has 2 atom stereocenters. The molecule has 1 N–H and O–H groups in total. The van der Waals surface area contributed by atoms with E-state index in [4.69, 9.17) is 0 Å². The maximum Gasteiger partial charge on any atom is 0.408 e. The third kappa shape index (κ3) is 2.57. The van der Waals surface area contributed by atoms with Gasteiger partial charge in [0, 0.05) is 23.6 Å². The Balaban J connectivity index is 1.44. The number of benzene rings is 1. The molecule has 0 aliphatic heterocycles. The fraction of sp³-hybridized carbons (Fsp3) is 0.412. The van der Waals surface area contributed by atoms with E-state index in [-0.39, 0.29) is 23.1 Å². The minimum atomic E-state index is -4.33. The van der Waals surface area contributed by atoms with Crippen LogP contribution in [0, 0.1) is 5.92 Å². The van der Waals surface area contributed by atoms with Gasteiger partial charge >= 0.3 is 6.18 Å². The van der Waals surface area contributed by atoms with Gasteiger partial charge in [0.25, 0.3) is 0 Å². The van der Waals surface area contributed by atoms with Crippen molar-refractivity contribution in [2.24, 2.45) is 5.92 Å². The van der Waals surface area contributed by atoms with E-state index >= 15 is 0 Å². The highest BCUT2D eigenvalue weighted by Crippen LogP contribution is 2.61. The van der Waals surface area contributed by atoms with E-state index in [0.29, 0.717) is 0 Å². The van der Waals surface area contributed by atoms with E-state index in [1.807, 2.05) is 12.1 Å². The molecular weight excluding hydrogens is 319 g/mol. The molecule has 1 saturated carbocycles. The zero-order valence-electron chi connectivity index (χ0n) is 12.8. The van der Waals surface area contributed by atoms with Crippen molar-refractivity contribution in [3.05, 3.63) is 47.7 Å². The second-order valence-corrected chi connectivity index (χ2v) is 6.57. The Hall–Kier alpha value is -2.31. The van der Waals surface area contributed by atoms with Gasteiger partial charge in [0.05, 0.1) is 0 Å². The van der Waals surface area contributed by atoms with Crippen LogP contribution in [0.5, 0.6) is 0 Å². The zero-order valence-corrected chi connectivity index (χ0v) is 12.8. The maximum atomic E-state index is 12.5. The number of carbonyl (C=O) groups excluding carboxylic acids is 1. The van der Waals surface area contributed by atoms with Crippen molar-refractivity contribution in [1.29, 1.82) is 0 Å². The predicted molar refractivity (Wildman–Crippen MR) is 81.5 cm³/mol. The first-order valence-electron chi connectivity index (χ1n) is 7.87. The van der Waals surface area contributed by atoms with Crippen molar-refractivity contribution in [3.63, 3.8) is 0 Å². The summed E-state index contributed by atoms with van der Waals surface area (Å²) in [6, 6.07) is 9.55. The van der Waals surface area contributed by atoms with E-state index < -0.39 is 12.7 Å². The third-order valence-electron chi connectivity index (χ3n) is 5.02. The van der Waals surface area contributed by atoms with Crippen LogP contribution in [-0.4, -0.2) is 21.9 Å². The molecule has 1 aromatic carbocycles. The Morgan fingerprint density at radius 1 is 1.33 bits per heavy atom. The molecule has 0 saturated heterocycles. The Kier molecular flexibility index (Phi) is 3.23. The van der Waals surface area contributed by atoms with Crippen molar-refractivity contribution in [2.75, 3.05) is 5.32 Å². The molecule has 1 aromatic heterocycles. The van der Waals surface area contributed by atoms with Gasteiger partial charge in [-0.2, -0.15) is 18.3 Å². The standard InChI is InChI=1S/C17H16F3N3O/c18-17(19,20)10-23-8-6-14(22-23)21-15(24)13-9-16(13)7-5-11-3-1-2-4-12(11)16/h1-4,6,8,13H,5,7,9-10H2,(H,21,22,24)/t13-,16+/m0/s1. The van der Waals surface area contributed by atoms with Gasteiger partial charge in [-0.15, -0.1) is 0 Å². The fourth-order valence-corrected chi connectivity index (χ4v) is 3.85. The molecule has 2 aliphatic carbocycles. The predicted octanol–water partition coefficient (Wildman–Crippen LogP) is 3.29. The van der Waals surface area contributed by atoms with E-state index in [1.54, 1.807) is 0 Å². The summed E-state index contributed by atoms with van der Waals surface area (Å²) in [6.45, 7) is -1.16. The fourth-order valence-electron chi connectivity index (χ4n) is 3.85. The van der Waals surface area contributed by atoms with Crippen molar-refractivity contribution in [2.45, 2.75) is 37.4 Å². The normalized spacial score (nSPS) is 24.9. The molecule has 0 bridgehead atoms. The number of aromatic nitrogens is 2. The number of fused-ring (bicyclic) bond motifs is 2. The molecule has 2 aromatic rings. The van der Waals surface area contributed by atoms with Crippen LogP contribution < -0.4 is 5.32 Å². The SMILES string of the molecule is O=C(Nc1ccn(CC(F)(F)F)n1)[C@@H]1C[C@@]12CCc1ccccc12. The largest absolute Gasteiger partial charge is 0.408 e. The number of hydrogen-bond donors (Lipinski definition) is 1. The molecule has 4 nitrogen and oxygen atoms in total. The van der Waals surface area contributed by atoms with Gasteiger partial charge < -0.3 is 5.32 Å². The van der Waals surface area contributed by atoms with Crippen LogP contribution in [0.2, 0.25) is 0 Å². The number of hydrogen-bond acceptors (Lipinski definition) is 2. The number of carbonyl (C=O) groups is 1. The van der Waals surface area contributed by atoms with Crippen molar-refractivity contribution in [1.82, 2.24) is 9.78 Å². The lowest BCUT2D eigenvalue weighted by atomic mass is 9.95. The summed E-state index contributed by atoms with van der Waals surface area (Å²) >= 11 is 0. The highest BCUT2D eigenvalue weighted by atomic mass is 19.4. The summed E-state index contributed by atoms with van der Waals surface area (Å²) in [5.74, 6) is -0.129. The number of alkyl halides is 3. The number of amides is 1. The highest BCUT2D eigenvalue weighted by Gasteiger charge is 2.61. The molecule has 1 heterocycles. The number of anilines is 1. The summed E-state index contributed by atoms with van der Waals surface area (Å²) in [5, 5.41) is 6.42. The monoisotopic (exact) mass is 335 g/mol. The molecular formula is C17H16F3N3O. The van der Waals surface area contributed by atoms with Crippen LogP contribution in [0.1, 0.15) is 24.0 Å². The average molecular weight is 335 g/mol. The molecule has 1 spiro atoms. The number of nitrogens with zero attached hydrogens (tertiary/aromatic N) is 2. The van der Waals surface area contributed by atoms with Gasteiger partial charge in [0.15, 0.2) is 5.82 Å². The van der Waals surface area contributed by atoms with Gasteiger partial charge in [-0.1, -0.05) is 24.3 Å². The van der Waals surface area contributed by atoms with Crippen molar-refractivity contribution in [3.8, 4) is 0 Å². The molecule has 2 aliphatic rings. The summed E-state index contributed by atoms with van der Waals surface area (Å²) in [5.41, 5.74) is 2.45. The summed E-state index contributed by atoms with van der Waals surface area (Å²) < 4.78 is 37.8. The second kappa shape index (κ2) is 5.09. The molecule has 1 fully saturated rings. The van der Waals surface area contributed by atoms with Crippen LogP contribution in [0.4, 0.5) is 19.0 Å². The van der Waals surface area contributed by atoms with Crippen molar-refractivity contribution >= 4 is 11.7 Å². The van der Waals surface area contributed by atoms with Gasteiger partial charge in [0.2, 0.25) is 5.91 Å². The smallest absolute Gasteiger partial charge is 0.309 e. The minimum absolute atomic E-state index is 0.0881. The van der Waals surface area contributed by atoms with Gasteiger partial charge in [0.1, 0.15) is 6.54 Å². The maximum absolute atomic E-state index is 12.5. The number of halogens is 3. The van der Waals surface area contributed by atoms with Gasteiger partial charge in [-0.3, -0.25) is 9.48 Å². The topological polar surface area (TPSA) is 46.9 Å². The van der Waals surface area contributed by atoms with Crippen LogP contribution in [-0.2, 0) is 23.2 Å². The lowest BCUT2D eigenvalue weighted by Crippen LogP contribution is -2.21. The lowest BCUT2D eigenvalue weighted by molar-refractivity contribution is -0.142. The molecule has 126 valence electrons. The number of nitrogens with one attached hydrogen (secondary N) is 1. The number of rotatable bonds is 3. The first-order chi connectivity index (χ1) is 11.4. The first-order valence-corrected chi connectivity index (χ1v) is 7.87. The van der Waals surface area contributed by atoms with E-state index in [9.17, 15) is 18.0 Å². The van der Waals surface area contributed by atoms with E-state index in [0.717, 1.165) is 23.9 Å². The molecule has 0 unspecified atom stereocenters.